The van der Waals surface area contributed by atoms with E-state index in [0.29, 0.717) is 0 Å². The summed E-state index contributed by atoms with van der Waals surface area (Å²) in [5, 5.41) is -0.0394. The SMILES string of the molecule is O=S(=O)([O-])c1ccccc1Cl.[Na+]. The fraction of sp³-hybridized carbons (Fsp3) is 0. The molecular formula is C6H4ClNaO3S. The van der Waals surface area contributed by atoms with Gasteiger partial charge in [-0.15, -0.1) is 0 Å². The van der Waals surface area contributed by atoms with Gasteiger partial charge in [-0.2, -0.15) is 0 Å². The molecule has 0 bridgehead atoms. The van der Waals surface area contributed by atoms with Crippen molar-refractivity contribution >= 4 is 21.7 Å². The van der Waals surface area contributed by atoms with Gasteiger partial charge < -0.3 is 4.55 Å². The van der Waals surface area contributed by atoms with Crippen molar-refractivity contribution < 1.29 is 42.5 Å². The zero-order valence-electron chi connectivity index (χ0n) is 6.32. The van der Waals surface area contributed by atoms with Crippen molar-refractivity contribution in [3.05, 3.63) is 29.3 Å². The van der Waals surface area contributed by atoms with E-state index in [-0.39, 0.29) is 39.5 Å². The number of halogens is 1. The molecule has 0 fully saturated rings. The second kappa shape index (κ2) is 4.60. The Hall–Kier alpha value is 0.420. The quantitative estimate of drug-likeness (QED) is 0.412. The molecular weight excluding hydrogens is 211 g/mol. The van der Waals surface area contributed by atoms with Gasteiger partial charge in [0.1, 0.15) is 10.1 Å². The Balaban J connectivity index is 0.00000121. The maximum atomic E-state index is 10.4. The van der Waals surface area contributed by atoms with Crippen molar-refractivity contribution in [2.45, 2.75) is 4.90 Å². The Kier molecular flexibility index (Phi) is 4.76. The van der Waals surface area contributed by atoms with Crippen LogP contribution in [0.15, 0.2) is 29.2 Å². The molecule has 0 saturated heterocycles. The molecule has 0 heterocycles. The van der Waals surface area contributed by atoms with E-state index in [4.69, 9.17) is 11.6 Å². The summed E-state index contributed by atoms with van der Waals surface area (Å²) in [6, 6.07) is 5.52. The summed E-state index contributed by atoms with van der Waals surface area (Å²) >= 11 is 5.43. The zero-order chi connectivity index (χ0) is 8.48. The van der Waals surface area contributed by atoms with Crippen LogP contribution in [0.4, 0.5) is 0 Å². The second-order valence-electron chi connectivity index (χ2n) is 1.88. The van der Waals surface area contributed by atoms with Crippen LogP contribution >= 0.6 is 11.6 Å². The minimum absolute atomic E-state index is 0. The Labute approximate surface area is 97.8 Å². The van der Waals surface area contributed by atoms with Crippen LogP contribution in [0.1, 0.15) is 0 Å². The van der Waals surface area contributed by atoms with E-state index >= 15 is 0 Å². The van der Waals surface area contributed by atoms with Crippen LogP contribution in [-0.4, -0.2) is 13.0 Å². The predicted octanol–water partition coefficient (Wildman–Crippen LogP) is -1.75. The third kappa shape index (κ3) is 3.05. The summed E-state index contributed by atoms with van der Waals surface area (Å²) in [4.78, 5) is -0.373. The molecule has 12 heavy (non-hydrogen) atoms. The molecule has 0 saturated carbocycles. The number of hydrogen-bond donors (Lipinski definition) is 0. The van der Waals surface area contributed by atoms with Gasteiger partial charge in [-0.05, 0) is 12.1 Å². The number of benzene rings is 1. The Bertz CT molecular complexity index is 363. The van der Waals surface area contributed by atoms with Gasteiger partial charge in [-0.25, -0.2) is 8.42 Å². The third-order valence-corrected chi connectivity index (χ3v) is 2.44. The van der Waals surface area contributed by atoms with Crippen molar-refractivity contribution in [2.24, 2.45) is 0 Å². The van der Waals surface area contributed by atoms with Gasteiger partial charge in [0.25, 0.3) is 0 Å². The van der Waals surface area contributed by atoms with Gasteiger partial charge >= 0.3 is 29.6 Å². The van der Waals surface area contributed by atoms with Crippen LogP contribution in [0, 0.1) is 0 Å². The molecule has 60 valence electrons. The Morgan fingerprint density at radius 1 is 1.25 bits per heavy atom. The molecule has 0 aliphatic heterocycles. The van der Waals surface area contributed by atoms with Crippen molar-refractivity contribution in [1.82, 2.24) is 0 Å². The summed E-state index contributed by atoms with van der Waals surface area (Å²) in [6.07, 6.45) is 0. The summed E-state index contributed by atoms with van der Waals surface area (Å²) in [5.74, 6) is 0. The van der Waals surface area contributed by atoms with Crippen molar-refractivity contribution in [3.63, 3.8) is 0 Å². The smallest absolute Gasteiger partial charge is 0.744 e. The first-order valence-electron chi connectivity index (χ1n) is 2.72. The molecule has 0 radical (unpaired) electrons. The first-order valence-corrected chi connectivity index (χ1v) is 4.51. The molecule has 0 spiro atoms. The fourth-order valence-electron chi connectivity index (χ4n) is 0.647. The molecule has 1 aromatic carbocycles. The van der Waals surface area contributed by atoms with E-state index in [9.17, 15) is 13.0 Å². The maximum Gasteiger partial charge on any atom is 1.00 e. The minimum atomic E-state index is -4.42. The van der Waals surface area contributed by atoms with Gasteiger partial charge in [0.2, 0.25) is 0 Å². The van der Waals surface area contributed by atoms with Crippen molar-refractivity contribution in [1.29, 1.82) is 0 Å². The topological polar surface area (TPSA) is 57.2 Å². The molecule has 0 N–H and O–H groups in total. The molecule has 0 aliphatic carbocycles. The molecule has 0 amide bonds. The minimum Gasteiger partial charge on any atom is -0.744 e. The Morgan fingerprint density at radius 3 is 2.08 bits per heavy atom. The van der Waals surface area contributed by atoms with E-state index in [0.717, 1.165) is 0 Å². The standard InChI is InChI=1S/C6H5ClO3S.Na/c7-5-3-1-2-4-6(5)11(8,9)10;/h1-4H,(H,8,9,10);/q;+1/p-1. The first-order chi connectivity index (χ1) is 5.02. The molecule has 1 rings (SSSR count). The second-order valence-corrected chi connectivity index (χ2v) is 3.64. The molecule has 3 nitrogen and oxygen atoms in total. The summed E-state index contributed by atoms with van der Waals surface area (Å²) in [6.45, 7) is 0. The van der Waals surface area contributed by atoms with Gasteiger partial charge in [-0.1, -0.05) is 23.7 Å². The molecule has 6 heteroatoms. The average molecular weight is 215 g/mol. The van der Waals surface area contributed by atoms with Crippen LogP contribution in [0.3, 0.4) is 0 Å². The van der Waals surface area contributed by atoms with E-state index in [1.165, 1.54) is 18.2 Å². The number of hydrogen-bond acceptors (Lipinski definition) is 3. The molecule has 0 atom stereocenters. The molecule has 0 unspecified atom stereocenters. The summed E-state index contributed by atoms with van der Waals surface area (Å²) < 4.78 is 31.2. The summed E-state index contributed by atoms with van der Waals surface area (Å²) in [7, 11) is -4.42. The first kappa shape index (κ1) is 12.4. The van der Waals surface area contributed by atoms with Crippen LogP contribution in [-0.2, 0) is 10.1 Å². The monoisotopic (exact) mass is 214 g/mol. The van der Waals surface area contributed by atoms with E-state index in [1.54, 1.807) is 6.07 Å². The van der Waals surface area contributed by atoms with E-state index in [1.807, 2.05) is 0 Å². The molecule has 0 aliphatic rings. The molecule has 1 aromatic rings. The Morgan fingerprint density at radius 2 is 1.75 bits per heavy atom. The van der Waals surface area contributed by atoms with Crippen LogP contribution in [0.2, 0.25) is 5.02 Å². The zero-order valence-corrected chi connectivity index (χ0v) is 9.89. The van der Waals surface area contributed by atoms with Crippen molar-refractivity contribution in [3.8, 4) is 0 Å². The maximum absolute atomic E-state index is 10.4. The largest absolute Gasteiger partial charge is 1.00 e. The van der Waals surface area contributed by atoms with Crippen LogP contribution in [0.25, 0.3) is 0 Å². The average Bonchev–Trinajstić information content (AvgIpc) is 1.86. The van der Waals surface area contributed by atoms with Gasteiger partial charge in [0.15, 0.2) is 0 Å². The van der Waals surface area contributed by atoms with Crippen LogP contribution < -0.4 is 29.6 Å². The molecule has 0 aromatic heterocycles. The van der Waals surface area contributed by atoms with Gasteiger partial charge in [-0.3, -0.25) is 0 Å². The van der Waals surface area contributed by atoms with Crippen LogP contribution in [0.5, 0.6) is 0 Å². The predicted molar refractivity (Wildman–Crippen MR) is 39.4 cm³/mol. The number of rotatable bonds is 1. The normalized spacial score (nSPS) is 10.5. The van der Waals surface area contributed by atoms with E-state index < -0.39 is 10.1 Å². The summed E-state index contributed by atoms with van der Waals surface area (Å²) in [5.41, 5.74) is 0. The van der Waals surface area contributed by atoms with Gasteiger partial charge in [0, 0.05) is 0 Å². The third-order valence-electron chi connectivity index (χ3n) is 1.11. The fourth-order valence-corrected chi connectivity index (χ4v) is 1.62. The van der Waals surface area contributed by atoms with E-state index in [2.05, 4.69) is 0 Å². The van der Waals surface area contributed by atoms with Gasteiger partial charge in [0.05, 0.1) is 9.92 Å². The van der Waals surface area contributed by atoms with Crippen molar-refractivity contribution in [2.75, 3.05) is 0 Å².